The maximum Gasteiger partial charge on any atom is 0.304 e. The largest absolute Gasteiger partial charge is 0.481 e. The van der Waals surface area contributed by atoms with Crippen molar-refractivity contribution in [2.45, 2.75) is 25.7 Å². The molecular weight excluding hydrogens is 270 g/mol. The second-order valence-corrected chi connectivity index (χ2v) is 6.81. The van der Waals surface area contributed by atoms with E-state index in [1.807, 2.05) is 0 Å². The van der Waals surface area contributed by atoms with Gasteiger partial charge >= 0.3 is 5.97 Å². The van der Waals surface area contributed by atoms with Crippen molar-refractivity contribution in [3.05, 3.63) is 23.8 Å². The van der Waals surface area contributed by atoms with Gasteiger partial charge in [0.1, 0.15) is 5.75 Å². The van der Waals surface area contributed by atoms with Crippen LogP contribution >= 0.6 is 0 Å². The summed E-state index contributed by atoms with van der Waals surface area (Å²) < 4.78 is 30.4. The Labute approximate surface area is 111 Å². The number of rotatable bonds is 3. The van der Waals surface area contributed by atoms with Gasteiger partial charge in [-0.2, -0.15) is 0 Å². The average molecular weight is 285 g/mol. The van der Waals surface area contributed by atoms with E-state index in [9.17, 15) is 13.2 Å². The number of aliphatic carboxylic acids is 1. The van der Waals surface area contributed by atoms with Gasteiger partial charge in [0.15, 0.2) is 0 Å². The average Bonchev–Trinajstić information content (AvgIpc) is 2.25. The predicted molar refractivity (Wildman–Crippen MR) is 69.8 cm³/mol. The number of carboxylic acids is 1. The molecule has 1 aromatic rings. The third-order valence-corrected chi connectivity index (χ3v) is 3.95. The van der Waals surface area contributed by atoms with Crippen molar-refractivity contribution >= 4 is 21.7 Å². The van der Waals surface area contributed by atoms with Crippen LogP contribution in [0.1, 0.15) is 25.8 Å². The summed E-state index contributed by atoms with van der Waals surface area (Å²) in [6, 6.07) is 5.02. The first-order chi connectivity index (χ1) is 8.70. The number of benzene rings is 1. The Balaban J connectivity index is 2.38. The molecule has 104 valence electrons. The van der Waals surface area contributed by atoms with Crippen molar-refractivity contribution in [2.75, 3.05) is 10.7 Å². The van der Waals surface area contributed by atoms with Crippen LogP contribution in [0.5, 0.6) is 5.75 Å². The number of sulfonamides is 1. The van der Waals surface area contributed by atoms with Crippen LogP contribution in [-0.4, -0.2) is 25.4 Å². The second-order valence-electron chi connectivity index (χ2n) is 5.14. The van der Waals surface area contributed by atoms with E-state index in [1.165, 1.54) is 0 Å². The maximum absolute atomic E-state index is 11.4. The SMILES string of the molecule is CC(C)(CC(=O)O)c1ccc2c(c1)NS(=O)(=O)CO2. The molecule has 0 aliphatic carbocycles. The molecule has 1 aromatic carbocycles. The fraction of sp³-hybridized carbons (Fsp3) is 0.417. The molecule has 0 amide bonds. The third kappa shape index (κ3) is 2.98. The zero-order valence-electron chi connectivity index (χ0n) is 10.6. The van der Waals surface area contributed by atoms with Crippen molar-refractivity contribution in [1.82, 2.24) is 0 Å². The fourth-order valence-corrected chi connectivity index (χ4v) is 2.81. The first-order valence-corrected chi connectivity index (χ1v) is 7.34. The molecule has 2 rings (SSSR count). The molecule has 0 bridgehead atoms. The number of hydrogen-bond acceptors (Lipinski definition) is 4. The van der Waals surface area contributed by atoms with E-state index in [0.717, 1.165) is 5.56 Å². The van der Waals surface area contributed by atoms with Crippen molar-refractivity contribution in [3.63, 3.8) is 0 Å². The lowest BCUT2D eigenvalue weighted by Crippen LogP contribution is -2.27. The molecule has 7 heteroatoms. The van der Waals surface area contributed by atoms with Gasteiger partial charge in [0, 0.05) is 5.41 Å². The van der Waals surface area contributed by atoms with E-state index >= 15 is 0 Å². The lowest BCUT2D eigenvalue weighted by molar-refractivity contribution is -0.138. The van der Waals surface area contributed by atoms with Gasteiger partial charge in [0.25, 0.3) is 10.0 Å². The lowest BCUT2D eigenvalue weighted by Gasteiger charge is -2.26. The van der Waals surface area contributed by atoms with Gasteiger partial charge in [-0.1, -0.05) is 19.9 Å². The molecule has 0 unspecified atom stereocenters. The molecule has 0 spiro atoms. The quantitative estimate of drug-likeness (QED) is 0.878. The molecule has 1 heterocycles. The molecule has 0 saturated heterocycles. The fourth-order valence-electron chi connectivity index (χ4n) is 1.97. The number of ether oxygens (including phenoxy) is 1. The summed E-state index contributed by atoms with van der Waals surface area (Å²) in [7, 11) is -3.47. The predicted octanol–water partition coefficient (Wildman–Crippen LogP) is 1.53. The zero-order chi connectivity index (χ0) is 14.3. The molecule has 1 aliphatic rings. The van der Waals surface area contributed by atoms with Crippen LogP contribution in [0.3, 0.4) is 0 Å². The topological polar surface area (TPSA) is 92.7 Å². The zero-order valence-corrected chi connectivity index (χ0v) is 11.5. The Morgan fingerprint density at radius 3 is 2.79 bits per heavy atom. The summed E-state index contributed by atoms with van der Waals surface area (Å²) in [4.78, 5) is 10.8. The normalized spacial score (nSPS) is 16.9. The minimum Gasteiger partial charge on any atom is -0.481 e. The third-order valence-electron chi connectivity index (χ3n) is 2.99. The first-order valence-electron chi connectivity index (χ1n) is 5.69. The maximum atomic E-state index is 11.4. The summed E-state index contributed by atoms with van der Waals surface area (Å²) in [6.07, 6.45) is -0.0423. The molecule has 0 radical (unpaired) electrons. The van der Waals surface area contributed by atoms with Gasteiger partial charge in [-0.05, 0) is 17.7 Å². The van der Waals surface area contributed by atoms with E-state index in [2.05, 4.69) is 4.72 Å². The second kappa shape index (κ2) is 4.41. The van der Waals surface area contributed by atoms with Gasteiger partial charge in [0.2, 0.25) is 5.94 Å². The summed E-state index contributed by atoms with van der Waals surface area (Å²) in [5.74, 6) is -0.859. The Morgan fingerprint density at radius 2 is 2.16 bits per heavy atom. The van der Waals surface area contributed by atoms with Crippen LogP contribution < -0.4 is 9.46 Å². The standard InChI is InChI=1S/C12H15NO5S/c1-12(2,6-11(14)15)8-3-4-10-9(5-8)13-19(16,17)7-18-10/h3-5,13H,6-7H2,1-2H3,(H,14,15). The van der Waals surface area contributed by atoms with Crippen LogP contribution in [-0.2, 0) is 20.2 Å². The number of nitrogens with one attached hydrogen (secondary N) is 1. The Bertz CT molecular complexity index is 621. The summed E-state index contributed by atoms with van der Waals surface area (Å²) >= 11 is 0. The smallest absolute Gasteiger partial charge is 0.304 e. The molecule has 6 nitrogen and oxygen atoms in total. The van der Waals surface area contributed by atoms with Crippen LogP contribution in [0.4, 0.5) is 5.69 Å². The Hall–Kier alpha value is -1.76. The van der Waals surface area contributed by atoms with Crippen LogP contribution in [0, 0.1) is 0 Å². The van der Waals surface area contributed by atoms with E-state index in [4.69, 9.17) is 9.84 Å². The molecule has 0 aromatic heterocycles. The summed E-state index contributed by atoms with van der Waals surface area (Å²) in [6.45, 7) is 3.59. The van der Waals surface area contributed by atoms with Crippen molar-refractivity contribution in [2.24, 2.45) is 0 Å². The summed E-state index contributed by atoms with van der Waals surface area (Å²) in [5, 5.41) is 8.90. The number of fused-ring (bicyclic) bond motifs is 1. The highest BCUT2D eigenvalue weighted by molar-refractivity contribution is 7.92. The van der Waals surface area contributed by atoms with Crippen molar-refractivity contribution in [1.29, 1.82) is 0 Å². The van der Waals surface area contributed by atoms with Crippen LogP contribution in [0.2, 0.25) is 0 Å². The molecular formula is C12H15NO5S. The number of carboxylic acid groups (broad SMARTS) is 1. The highest BCUT2D eigenvalue weighted by atomic mass is 32.2. The molecule has 0 saturated carbocycles. The minimum atomic E-state index is -3.47. The lowest BCUT2D eigenvalue weighted by atomic mass is 9.81. The molecule has 1 aliphatic heterocycles. The number of carbonyl (C=O) groups is 1. The Morgan fingerprint density at radius 1 is 1.47 bits per heavy atom. The van der Waals surface area contributed by atoms with Gasteiger partial charge in [-0.25, -0.2) is 8.42 Å². The highest BCUT2D eigenvalue weighted by Crippen LogP contribution is 2.35. The number of hydrogen-bond donors (Lipinski definition) is 2. The minimum absolute atomic E-state index is 0.0423. The Kier molecular flexibility index (Phi) is 3.17. The van der Waals surface area contributed by atoms with Crippen molar-refractivity contribution in [3.8, 4) is 5.75 Å². The molecule has 0 atom stereocenters. The number of anilines is 1. The van der Waals surface area contributed by atoms with Crippen LogP contribution in [0.15, 0.2) is 18.2 Å². The van der Waals surface area contributed by atoms with E-state index in [0.29, 0.717) is 11.4 Å². The van der Waals surface area contributed by atoms with Gasteiger partial charge < -0.3 is 9.84 Å². The van der Waals surface area contributed by atoms with E-state index < -0.39 is 27.3 Å². The van der Waals surface area contributed by atoms with E-state index in [1.54, 1.807) is 32.0 Å². The molecule has 0 fully saturated rings. The highest BCUT2D eigenvalue weighted by Gasteiger charge is 2.27. The van der Waals surface area contributed by atoms with Gasteiger partial charge in [0.05, 0.1) is 12.1 Å². The van der Waals surface area contributed by atoms with Gasteiger partial charge in [-0.3, -0.25) is 9.52 Å². The molecule has 19 heavy (non-hydrogen) atoms. The first kappa shape index (κ1) is 13.7. The monoisotopic (exact) mass is 285 g/mol. The summed E-state index contributed by atoms with van der Waals surface area (Å²) in [5.41, 5.74) is 0.494. The van der Waals surface area contributed by atoms with Gasteiger partial charge in [-0.15, -0.1) is 0 Å². The van der Waals surface area contributed by atoms with Crippen molar-refractivity contribution < 1.29 is 23.1 Å². The molecule has 2 N–H and O–H groups in total. The van der Waals surface area contributed by atoms with E-state index in [-0.39, 0.29) is 6.42 Å². The van der Waals surface area contributed by atoms with Crippen LogP contribution in [0.25, 0.3) is 0 Å².